The second-order valence-corrected chi connectivity index (χ2v) is 9.22. The lowest BCUT2D eigenvalue weighted by atomic mass is 10.2. The lowest BCUT2D eigenvalue weighted by molar-refractivity contribution is 0.0592. The van der Waals surface area contributed by atoms with Gasteiger partial charge in [-0.15, -0.1) is 11.3 Å². The first-order valence-corrected chi connectivity index (χ1v) is 11.9. The number of methoxy groups -OCH3 is 1. The van der Waals surface area contributed by atoms with E-state index in [0.717, 1.165) is 22.6 Å². The highest BCUT2D eigenvalue weighted by molar-refractivity contribution is 7.20. The Morgan fingerprint density at radius 3 is 2.74 bits per heavy atom. The molecule has 4 aromatic rings. The third-order valence-electron chi connectivity index (χ3n) is 5.55. The van der Waals surface area contributed by atoms with Crippen LogP contribution in [0, 0.1) is 13.8 Å². The van der Waals surface area contributed by atoms with Gasteiger partial charge in [0.1, 0.15) is 39.8 Å². The Kier molecular flexibility index (Phi) is 7.64. The second-order valence-electron chi connectivity index (χ2n) is 8.22. The van der Waals surface area contributed by atoms with Crippen LogP contribution in [0.25, 0.3) is 10.2 Å². The number of esters is 1. The zero-order valence-corrected chi connectivity index (χ0v) is 20.6. The molecule has 0 aliphatic heterocycles. The molecule has 184 valence electrons. The van der Waals surface area contributed by atoms with E-state index in [0.29, 0.717) is 38.8 Å². The van der Waals surface area contributed by atoms with Gasteiger partial charge in [-0.1, -0.05) is 18.2 Å². The molecule has 0 unspecified atom stereocenters. The van der Waals surface area contributed by atoms with Gasteiger partial charge in [-0.3, -0.25) is 9.69 Å². The molecule has 0 aliphatic carbocycles. The van der Waals surface area contributed by atoms with Crippen molar-refractivity contribution in [2.45, 2.75) is 33.0 Å². The molecule has 3 heterocycles. The molecule has 0 radical (unpaired) electrons. The van der Waals surface area contributed by atoms with Crippen molar-refractivity contribution < 1.29 is 23.8 Å². The van der Waals surface area contributed by atoms with Gasteiger partial charge in [0, 0.05) is 6.54 Å². The molecule has 0 saturated carbocycles. The van der Waals surface area contributed by atoms with E-state index in [1.165, 1.54) is 7.11 Å². The molecule has 0 saturated heterocycles. The van der Waals surface area contributed by atoms with Crippen molar-refractivity contribution in [3.63, 3.8) is 0 Å². The van der Waals surface area contributed by atoms with Crippen LogP contribution in [0.5, 0.6) is 5.75 Å². The molecular weight excluding hydrogens is 470 g/mol. The van der Waals surface area contributed by atoms with E-state index in [-0.39, 0.29) is 25.3 Å². The smallest absolute Gasteiger partial charge is 0.348 e. The summed E-state index contributed by atoms with van der Waals surface area (Å²) in [5.74, 6) is 1.34. The number of aliphatic hydroxyl groups excluding tert-OH is 1. The predicted octanol–water partition coefficient (Wildman–Crippen LogP) is 3.42. The van der Waals surface area contributed by atoms with Gasteiger partial charge in [-0.25, -0.2) is 9.78 Å². The molecule has 0 bridgehead atoms. The number of para-hydroxylation sites is 1. The van der Waals surface area contributed by atoms with Crippen LogP contribution in [0.4, 0.5) is 0 Å². The molecule has 35 heavy (non-hydrogen) atoms. The number of aromatic amines is 1. The summed E-state index contributed by atoms with van der Waals surface area (Å²) in [5, 5.41) is 11.1. The number of hydrogen-bond donors (Lipinski definition) is 2. The number of fused-ring (bicyclic) bond motifs is 1. The summed E-state index contributed by atoms with van der Waals surface area (Å²) in [6.45, 7) is 4.65. The van der Waals surface area contributed by atoms with Gasteiger partial charge in [0.25, 0.3) is 5.56 Å². The van der Waals surface area contributed by atoms with Gasteiger partial charge >= 0.3 is 5.97 Å². The Morgan fingerprint density at radius 2 is 2.03 bits per heavy atom. The number of benzene rings is 1. The van der Waals surface area contributed by atoms with Crippen LogP contribution in [-0.4, -0.2) is 52.3 Å². The Labute approximate surface area is 205 Å². The number of thiophene rings is 1. The van der Waals surface area contributed by atoms with E-state index >= 15 is 0 Å². The quantitative estimate of drug-likeness (QED) is 0.320. The van der Waals surface area contributed by atoms with Crippen LogP contribution in [-0.2, 0) is 17.8 Å². The fraction of sp³-hybridized carbons (Fsp3) is 0.320. The zero-order chi connectivity index (χ0) is 24.9. The number of rotatable bonds is 10. The Bertz CT molecular complexity index is 1360. The second kappa shape index (κ2) is 10.9. The van der Waals surface area contributed by atoms with Crippen LogP contribution in [0.3, 0.4) is 0 Å². The molecule has 3 aromatic heterocycles. The van der Waals surface area contributed by atoms with Crippen molar-refractivity contribution in [1.82, 2.24) is 14.9 Å². The first-order valence-electron chi connectivity index (χ1n) is 11.1. The number of carbonyl (C=O) groups excluding carboxylic acids is 1. The molecule has 1 aromatic carbocycles. The summed E-state index contributed by atoms with van der Waals surface area (Å²) in [6.07, 6.45) is 0.787. The molecule has 0 spiro atoms. The van der Waals surface area contributed by atoms with Crippen molar-refractivity contribution >= 4 is 27.5 Å². The van der Waals surface area contributed by atoms with Crippen LogP contribution in [0.15, 0.2) is 51.9 Å². The number of furan rings is 1. The van der Waals surface area contributed by atoms with Crippen LogP contribution < -0.4 is 10.3 Å². The van der Waals surface area contributed by atoms with E-state index in [1.807, 2.05) is 42.2 Å². The minimum atomic E-state index is -0.796. The van der Waals surface area contributed by atoms with Crippen molar-refractivity contribution in [2.75, 3.05) is 20.3 Å². The van der Waals surface area contributed by atoms with Gasteiger partial charge in [-0.05, 0) is 43.2 Å². The molecule has 0 amide bonds. The normalized spacial score (nSPS) is 12.3. The summed E-state index contributed by atoms with van der Waals surface area (Å²) in [6, 6.07) is 11.2. The van der Waals surface area contributed by atoms with E-state index in [2.05, 4.69) is 9.97 Å². The predicted molar refractivity (Wildman–Crippen MR) is 132 cm³/mol. The molecule has 9 nitrogen and oxygen atoms in total. The Morgan fingerprint density at radius 1 is 1.23 bits per heavy atom. The van der Waals surface area contributed by atoms with Crippen molar-refractivity contribution in [1.29, 1.82) is 0 Å². The first-order chi connectivity index (χ1) is 16.9. The monoisotopic (exact) mass is 497 g/mol. The Hall–Kier alpha value is -3.47. The van der Waals surface area contributed by atoms with Crippen LogP contribution >= 0.6 is 11.3 Å². The number of aryl methyl sites for hydroxylation is 2. The standard InChI is InChI=1S/C25H27N3O6S/c1-15-7-4-5-9-19(15)34-14-17(29)11-28(12-18-8-6-10-33-18)13-20-26-23(30)21-16(2)22(25(31)32-3)35-24(21)27-20/h4-10,17,29H,11-14H2,1-3H3,(H,26,27,30)/t17-/m1/s1. The molecule has 1 atom stereocenters. The molecule has 10 heteroatoms. The van der Waals surface area contributed by atoms with Gasteiger partial charge in [0.15, 0.2) is 0 Å². The van der Waals surface area contributed by atoms with Gasteiger partial charge in [-0.2, -0.15) is 0 Å². The number of aromatic nitrogens is 2. The van der Waals surface area contributed by atoms with Crippen LogP contribution in [0.1, 0.15) is 32.4 Å². The van der Waals surface area contributed by atoms with E-state index in [4.69, 9.17) is 13.9 Å². The maximum Gasteiger partial charge on any atom is 0.348 e. The molecule has 2 N–H and O–H groups in total. The zero-order valence-electron chi connectivity index (χ0n) is 19.7. The molecular formula is C25H27N3O6S. The number of hydrogen-bond acceptors (Lipinski definition) is 9. The number of ether oxygens (including phenoxy) is 2. The van der Waals surface area contributed by atoms with E-state index in [9.17, 15) is 14.7 Å². The average molecular weight is 498 g/mol. The summed E-state index contributed by atoms with van der Waals surface area (Å²) >= 11 is 1.13. The highest BCUT2D eigenvalue weighted by atomic mass is 32.1. The Balaban J connectivity index is 1.53. The molecule has 0 fully saturated rings. The number of nitrogens with zero attached hydrogens (tertiary/aromatic N) is 2. The van der Waals surface area contributed by atoms with Crippen LogP contribution in [0.2, 0.25) is 0 Å². The highest BCUT2D eigenvalue weighted by Gasteiger charge is 2.21. The first kappa shape index (κ1) is 24.6. The SMILES string of the molecule is COC(=O)c1sc2nc(CN(Cc3ccco3)C[C@@H](O)COc3ccccc3C)[nH]c(=O)c2c1C. The number of H-pyrrole nitrogens is 1. The average Bonchev–Trinajstić information content (AvgIpc) is 3.45. The summed E-state index contributed by atoms with van der Waals surface area (Å²) in [5.41, 5.74) is 1.21. The summed E-state index contributed by atoms with van der Waals surface area (Å²) in [7, 11) is 1.30. The van der Waals surface area contributed by atoms with Gasteiger partial charge in [0.2, 0.25) is 0 Å². The summed E-state index contributed by atoms with van der Waals surface area (Å²) < 4.78 is 16.1. The van der Waals surface area contributed by atoms with Crippen molar-refractivity contribution in [3.05, 3.63) is 80.6 Å². The van der Waals surface area contributed by atoms with E-state index in [1.54, 1.807) is 19.3 Å². The van der Waals surface area contributed by atoms with E-state index < -0.39 is 12.1 Å². The maximum absolute atomic E-state index is 12.8. The minimum absolute atomic E-state index is 0.106. The third kappa shape index (κ3) is 5.79. The maximum atomic E-state index is 12.8. The summed E-state index contributed by atoms with van der Waals surface area (Å²) in [4.78, 5) is 35.0. The van der Waals surface area contributed by atoms with Crippen molar-refractivity contribution in [3.8, 4) is 5.75 Å². The topological polar surface area (TPSA) is 118 Å². The third-order valence-corrected chi connectivity index (χ3v) is 6.71. The number of aliphatic hydroxyl groups is 1. The minimum Gasteiger partial charge on any atom is -0.491 e. The molecule has 4 rings (SSSR count). The lowest BCUT2D eigenvalue weighted by Gasteiger charge is -2.24. The number of nitrogens with one attached hydrogen (secondary N) is 1. The lowest BCUT2D eigenvalue weighted by Crippen LogP contribution is -2.35. The fourth-order valence-corrected chi connectivity index (χ4v) is 4.94. The number of carbonyl (C=O) groups is 1. The van der Waals surface area contributed by atoms with Gasteiger partial charge < -0.3 is 24.0 Å². The highest BCUT2D eigenvalue weighted by Crippen LogP contribution is 2.27. The van der Waals surface area contributed by atoms with Gasteiger partial charge in [0.05, 0.1) is 31.8 Å². The molecule has 0 aliphatic rings. The fourth-order valence-electron chi connectivity index (χ4n) is 3.83. The van der Waals surface area contributed by atoms with Crippen molar-refractivity contribution in [2.24, 2.45) is 0 Å². The largest absolute Gasteiger partial charge is 0.491 e.